The zero-order chi connectivity index (χ0) is 10.4. The predicted octanol–water partition coefficient (Wildman–Crippen LogP) is 3.34. The minimum atomic E-state index is -0.197. The fraction of sp³-hybridized carbons (Fsp3) is 0.538. The third-order valence-corrected chi connectivity index (χ3v) is 2.76. The highest BCUT2D eigenvalue weighted by atomic mass is 16.3. The lowest BCUT2D eigenvalue weighted by atomic mass is 9.92. The average molecular weight is 192 g/mol. The summed E-state index contributed by atoms with van der Waals surface area (Å²) in [6.45, 7) is 4.25. The summed E-state index contributed by atoms with van der Waals surface area (Å²) in [5.74, 6) is 0.253. The smallest absolute Gasteiger partial charge is 0.0606 e. The Balaban J connectivity index is 2.52. The van der Waals surface area contributed by atoms with Crippen molar-refractivity contribution in [3.8, 4) is 0 Å². The molecule has 0 amide bonds. The van der Waals surface area contributed by atoms with Crippen LogP contribution in [0.25, 0.3) is 0 Å². The lowest BCUT2D eigenvalue weighted by molar-refractivity contribution is 0.137. The van der Waals surface area contributed by atoms with E-state index in [-0.39, 0.29) is 12.0 Å². The Kier molecular flexibility index (Phi) is 4.68. The number of hydrogen-bond donors (Lipinski definition) is 1. The average Bonchev–Trinajstić information content (AvgIpc) is 2.26. The predicted molar refractivity (Wildman–Crippen MR) is 60.4 cm³/mol. The zero-order valence-corrected chi connectivity index (χ0v) is 9.11. The number of hydrogen-bond acceptors (Lipinski definition) is 1. The van der Waals surface area contributed by atoms with Gasteiger partial charge in [-0.25, -0.2) is 0 Å². The molecule has 14 heavy (non-hydrogen) atoms. The fourth-order valence-corrected chi connectivity index (χ4v) is 1.64. The van der Waals surface area contributed by atoms with Crippen molar-refractivity contribution in [1.29, 1.82) is 0 Å². The van der Waals surface area contributed by atoms with E-state index in [1.165, 1.54) is 5.56 Å². The second kappa shape index (κ2) is 5.82. The molecule has 0 aliphatic carbocycles. The summed E-state index contributed by atoms with van der Waals surface area (Å²) < 4.78 is 0. The van der Waals surface area contributed by atoms with E-state index >= 15 is 0 Å². The van der Waals surface area contributed by atoms with E-state index < -0.39 is 0 Å². The van der Waals surface area contributed by atoms with Crippen molar-refractivity contribution in [3.05, 3.63) is 35.9 Å². The van der Waals surface area contributed by atoms with Crippen LogP contribution in [0.1, 0.15) is 44.6 Å². The van der Waals surface area contributed by atoms with Crippen molar-refractivity contribution in [2.45, 2.75) is 45.1 Å². The Morgan fingerprint density at radius 2 is 1.86 bits per heavy atom. The molecule has 78 valence electrons. The van der Waals surface area contributed by atoms with Gasteiger partial charge in [0.25, 0.3) is 0 Å². The van der Waals surface area contributed by atoms with Crippen LogP contribution in [0, 0.1) is 0 Å². The second-order valence-electron chi connectivity index (χ2n) is 3.91. The van der Waals surface area contributed by atoms with Crippen molar-refractivity contribution in [3.63, 3.8) is 0 Å². The molecule has 0 aliphatic rings. The molecule has 0 bridgehead atoms. The molecule has 0 unspecified atom stereocenters. The summed E-state index contributed by atoms with van der Waals surface area (Å²) in [6.07, 6.45) is 2.97. The maximum absolute atomic E-state index is 9.90. The highest BCUT2D eigenvalue weighted by Gasteiger charge is 2.14. The van der Waals surface area contributed by atoms with E-state index in [1.807, 2.05) is 18.2 Å². The Morgan fingerprint density at radius 3 is 2.43 bits per heavy atom. The van der Waals surface area contributed by atoms with E-state index in [0.717, 1.165) is 19.3 Å². The summed E-state index contributed by atoms with van der Waals surface area (Å²) in [5, 5.41) is 9.90. The largest absolute Gasteiger partial charge is 0.393 e. The monoisotopic (exact) mass is 192 g/mol. The third-order valence-electron chi connectivity index (χ3n) is 2.76. The van der Waals surface area contributed by atoms with Gasteiger partial charge >= 0.3 is 0 Å². The zero-order valence-electron chi connectivity index (χ0n) is 9.11. The van der Waals surface area contributed by atoms with Crippen molar-refractivity contribution < 1.29 is 5.11 Å². The SMILES string of the molecule is CCCC[C@@H](O)[C@@H](C)c1ccccc1. The number of unbranched alkanes of at least 4 members (excludes halogenated alkanes) is 1. The Morgan fingerprint density at radius 1 is 1.21 bits per heavy atom. The van der Waals surface area contributed by atoms with Gasteiger partial charge in [-0.1, -0.05) is 57.0 Å². The van der Waals surface area contributed by atoms with Crippen LogP contribution in [0.3, 0.4) is 0 Å². The first-order chi connectivity index (χ1) is 6.75. The van der Waals surface area contributed by atoms with Gasteiger partial charge in [-0.3, -0.25) is 0 Å². The Labute approximate surface area is 86.8 Å². The number of benzene rings is 1. The molecule has 0 spiro atoms. The van der Waals surface area contributed by atoms with Crippen molar-refractivity contribution in [2.75, 3.05) is 0 Å². The van der Waals surface area contributed by atoms with Gasteiger partial charge in [-0.2, -0.15) is 0 Å². The first kappa shape index (κ1) is 11.3. The molecule has 2 atom stereocenters. The van der Waals surface area contributed by atoms with Crippen LogP contribution in [0.5, 0.6) is 0 Å². The standard InChI is InChI=1S/C13H20O/c1-3-4-10-13(14)11(2)12-8-6-5-7-9-12/h5-9,11,13-14H,3-4,10H2,1-2H3/t11-,13+/m0/s1. The minimum Gasteiger partial charge on any atom is -0.393 e. The highest BCUT2D eigenvalue weighted by molar-refractivity contribution is 5.19. The molecule has 1 N–H and O–H groups in total. The Bertz CT molecular complexity index is 243. The van der Waals surface area contributed by atoms with E-state index in [4.69, 9.17) is 0 Å². The molecular weight excluding hydrogens is 172 g/mol. The van der Waals surface area contributed by atoms with Gasteiger partial charge in [-0.15, -0.1) is 0 Å². The van der Waals surface area contributed by atoms with Gasteiger partial charge in [0, 0.05) is 5.92 Å². The van der Waals surface area contributed by atoms with Crippen LogP contribution < -0.4 is 0 Å². The van der Waals surface area contributed by atoms with Crippen LogP contribution in [-0.2, 0) is 0 Å². The molecule has 0 aliphatic heterocycles. The molecule has 0 heterocycles. The number of aliphatic hydroxyl groups is 1. The fourth-order valence-electron chi connectivity index (χ4n) is 1.64. The van der Waals surface area contributed by atoms with Crippen LogP contribution in [-0.4, -0.2) is 11.2 Å². The van der Waals surface area contributed by atoms with E-state index in [2.05, 4.69) is 26.0 Å². The number of aliphatic hydroxyl groups excluding tert-OH is 1. The molecule has 0 saturated heterocycles. The van der Waals surface area contributed by atoms with Gasteiger partial charge in [0.15, 0.2) is 0 Å². The first-order valence-electron chi connectivity index (χ1n) is 5.48. The molecule has 0 radical (unpaired) electrons. The Hall–Kier alpha value is -0.820. The summed E-state index contributed by atoms with van der Waals surface area (Å²) in [4.78, 5) is 0. The summed E-state index contributed by atoms with van der Waals surface area (Å²) in [5.41, 5.74) is 1.23. The molecule has 1 aromatic carbocycles. The molecular formula is C13H20O. The summed E-state index contributed by atoms with van der Waals surface area (Å²) in [6, 6.07) is 10.2. The van der Waals surface area contributed by atoms with Crippen LogP contribution >= 0.6 is 0 Å². The molecule has 1 heteroatoms. The van der Waals surface area contributed by atoms with Gasteiger partial charge < -0.3 is 5.11 Å². The van der Waals surface area contributed by atoms with E-state index in [0.29, 0.717) is 0 Å². The van der Waals surface area contributed by atoms with Crippen LogP contribution in [0.15, 0.2) is 30.3 Å². The quantitative estimate of drug-likeness (QED) is 0.758. The molecule has 1 rings (SSSR count). The maximum atomic E-state index is 9.90. The van der Waals surface area contributed by atoms with E-state index in [9.17, 15) is 5.11 Å². The lowest BCUT2D eigenvalue weighted by Crippen LogP contribution is -2.15. The van der Waals surface area contributed by atoms with Crippen molar-refractivity contribution >= 4 is 0 Å². The topological polar surface area (TPSA) is 20.2 Å². The third kappa shape index (κ3) is 3.15. The second-order valence-corrected chi connectivity index (χ2v) is 3.91. The first-order valence-corrected chi connectivity index (χ1v) is 5.48. The van der Waals surface area contributed by atoms with E-state index in [1.54, 1.807) is 0 Å². The lowest BCUT2D eigenvalue weighted by Gasteiger charge is -2.18. The molecule has 0 aromatic heterocycles. The summed E-state index contributed by atoms with van der Waals surface area (Å²) >= 11 is 0. The minimum absolute atomic E-state index is 0.197. The van der Waals surface area contributed by atoms with Crippen molar-refractivity contribution in [1.82, 2.24) is 0 Å². The normalized spacial score (nSPS) is 15.1. The highest BCUT2D eigenvalue weighted by Crippen LogP contribution is 2.21. The van der Waals surface area contributed by atoms with Gasteiger partial charge in [-0.05, 0) is 12.0 Å². The van der Waals surface area contributed by atoms with Gasteiger partial charge in [0.1, 0.15) is 0 Å². The van der Waals surface area contributed by atoms with Crippen LogP contribution in [0.4, 0.5) is 0 Å². The molecule has 0 saturated carbocycles. The molecule has 1 nitrogen and oxygen atoms in total. The summed E-state index contributed by atoms with van der Waals surface area (Å²) in [7, 11) is 0. The molecule has 1 aromatic rings. The van der Waals surface area contributed by atoms with Gasteiger partial charge in [0.2, 0.25) is 0 Å². The van der Waals surface area contributed by atoms with Gasteiger partial charge in [0.05, 0.1) is 6.10 Å². The van der Waals surface area contributed by atoms with Crippen LogP contribution in [0.2, 0.25) is 0 Å². The maximum Gasteiger partial charge on any atom is 0.0606 e. The van der Waals surface area contributed by atoms with Crippen molar-refractivity contribution in [2.24, 2.45) is 0 Å². The number of rotatable bonds is 5. The molecule has 0 fully saturated rings.